The number of nitrogens with zero attached hydrogens (tertiary/aromatic N) is 6. The Bertz CT molecular complexity index is 1750. The number of nitrogens with two attached hydrogens (primary N) is 2. The van der Waals surface area contributed by atoms with Crippen LogP contribution in [0.2, 0.25) is 0 Å². The number of thiazole rings is 2. The number of aromatic nitrogens is 2. The van der Waals surface area contributed by atoms with Gasteiger partial charge in [0.05, 0.1) is 23.3 Å². The topological polar surface area (TPSA) is 300 Å². The fourth-order valence-corrected chi connectivity index (χ4v) is 8.35. The first kappa shape index (κ1) is 39.8. The molecule has 0 aromatic carbocycles. The number of carboxylic acids is 2. The summed E-state index contributed by atoms with van der Waals surface area (Å²) in [5, 5.41) is 37.1. The van der Waals surface area contributed by atoms with Crippen LogP contribution in [-0.2, 0) is 38.4 Å². The van der Waals surface area contributed by atoms with Crippen molar-refractivity contribution < 1.29 is 48.7 Å². The number of carbonyl (C=O) groups is 6. The summed E-state index contributed by atoms with van der Waals surface area (Å²) in [6, 6.07) is -1.75. The van der Waals surface area contributed by atoms with Crippen LogP contribution in [0.5, 0.6) is 0 Å². The molecule has 2 fully saturated rings. The number of carbonyl (C=O) groups excluding carboxylic acids is 6. The van der Waals surface area contributed by atoms with Gasteiger partial charge in [0.2, 0.25) is 0 Å². The summed E-state index contributed by atoms with van der Waals surface area (Å²) in [7, 11) is 2.54. The molecule has 6 N–H and O–H groups in total. The molecule has 2 unspecified atom stereocenters. The number of anilines is 2. The van der Waals surface area contributed by atoms with Crippen molar-refractivity contribution >= 4 is 141 Å². The van der Waals surface area contributed by atoms with Gasteiger partial charge in [-0.3, -0.25) is 29.0 Å². The van der Waals surface area contributed by atoms with Gasteiger partial charge in [-0.2, -0.15) is 0 Å². The Morgan fingerprint density at radius 3 is 1.45 bits per heavy atom. The molecule has 4 aliphatic rings. The van der Waals surface area contributed by atoms with E-state index in [1.807, 2.05) is 0 Å². The van der Waals surface area contributed by atoms with Crippen LogP contribution in [0, 0.1) is 0 Å². The molecule has 2 aromatic heterocycles. The molecule has 0 aliphatic carbocycles. The average Bonchev–Trinajstić information content (AvgIpc) is 3.73. The summed E-state index contributed by atoms with van der Waals surface area (Å²) in [5.41, 5.74) is 10.9. The minimum absolute atomic E-state index is 0. The van der Waals surface area contributed by atoms with Gasteiger partial charge in [0.1, 0.15) is 48.4 Å². The zero-order chi connectivity index (χ0) is 36.3. The predicted octanol–water partition coefficient (Wildman–Crippen LogP) is -4.16. The van der Waals surface area contributed by atoms with Crippen molar-refractivity contribution in [2.45, 2.75) is 22.8 Å². The maximum absolute atomic E-state index is 12.5. The van der Waals surface area contributed by atoms with Gasteiger partial charge in [-0.25, -0.2) is 9.97 Å². The van der Waals surface area contributed by atoms with Gasteiger partial charge in [-0.1, -0.05) is 10.3 Å². The number of carboxylic acid groups (broad SMARTS) is 2. The van der Waals surface area contributed by atoms with Gasteiger partial charge >= 0.3 is 37.7 Å². The van der Waals surface area contributed by atoms with Crippen molar-refractivity contribution in [3.8, 4) is 0 Å². The summed E-state index contributed by atoms with van der Waals surface area (Å²) in [4.78, 5) is 91.0. The Morgan fingerprint density at radius 2 is 1.16 bits per heavy atom. The van der Waals surface area contributed by atoms with Crippen LogP contribution in [-0.4, -0.2) is 153 Å². The number of β-lactam (4-membered cyclic amide) rings is 2. The van der Waals surface area contributed by atoms with Crippen molar-refractivity contribution in [2.24, 2.45) is 10.3 Å². The molecule has 0 bridgehead atoms. The standard InChI is InChI=1S/2C13H13N5O5S2.Ca/c2*1-23-17-7(5-4-25-13(14)15-5)9(19)16-8-10(20)18-6(12(21)22)2-3-24-11(8)18;/h2*2,4,8,11H,3H2,1H3,(H2,14,15)(H,16,19)(H,21,22);/q;;+2/p-2/t2*8?,11-;/m00./s1. The third kappa shape index (κ3) is 8.26. The van der Waals surface area contributed by atoms with E-state index in [2.05, 4.69) is 40.6 Å². The fraction of sp³-hybridized carbons (Fsp3) is 0.308. The molecular formula is C26H24CaN10O10S4. The molecule has 6 rings (SSSR count). The van der Waals surface area contributed by atoms with Gasteiger partial charge < -0.3 is 51.6 Å². The molecule has 0 spiro atoms. The Balaban J connectivity index is 0.000000224. The van der Waals surface area contributed by atoms with Crippen LogP contribution in [0.3, 0.4) is 0 Å². The maximum atomic E-state index is 12.5. The van der Waals surface area contributed by atoms with Gasteiger partial charge in [-0.05, 0) is 12.2 Å². The molecule has 2 aromatic rings. The Morgan fingerprint density at radius 1 is 0.784 bits per heavy atom. The Kier molecular flexibility index (Phi) is 13.3. The number of hydrogen-bond donors (Lipinski definition) is 4. The Hall–Kier alpha value is -3.94. The van der Waals surface area contributed by atoms with Crippen LogP contribution >= 0.6 is 46.2 Å². The van der Waals surface area contributed by atoms with E-state index in [1.165, 1.54) is 60.7 Å². The third-order valence-corrected chi connectivity index (χ3v) is 10.7. The molecule has 2 saturated heterocycles. The second-order valence-corrected chi connectivity index (χ2v) is 14.0. The zero-order valence-electron chi connectivity index (χ0n) is 26.3. The Labute approximate surface area is 333 Å². The summed E-state index contributed by atoms with van der Waals surface area (Å²) < 4.78 is 0. The first-order chi connectivity index (χ1) is 23.9. The molecule has 6 heterocycles. The summed E-state index contributed by atoms with van der Waals surface area (Å²) in [6.45, 7) is 0. The molecule has 4 amide bonds. The van der Waals surface area contributed by atoms with Crippen molar-refractivity contribution in [2.75, 3.05) is 37.2 Å². The first-order valence-corrected chi connectivity index (χ1v) is 17.7. The van der Waals surface area contributed by atoms with E-state index in [-0.39, 0.29) is 82.2 Å². The van der Waals surface area contributed by atoms with Crippen LogP contribution in [0.25, 0.3) is 0 Å². The third-order valence-electron chi connectivity index (χ3n) is 7.01. The number of aliphatic carboxylic acids is 2. The normalized spacial score (nSPS) is 22.2. The SMILES string of the molecule is CON=C(C(=O)NC1C(=O)N2C(C(=O)[O-])=CCS[C@@H]12)c1csc(N)n1.CON=C(C(=O)NC1C(=O)N2C(C(=O)[O-])=CCS[C@@H]12)c1csc(N)n1.[Ca+2]. The second-order valence-electron chi connectivity index (χ2n) is 9.91. The molecule has 4 aliphatic heterocycles. The summed E-state index contributed by atoms with van der Waals surface area (Å²) in [5.74, 6) is -4.47. The van der Waals surface area contributed by atoms with Gasteiger partial charge in [0.15, 0.2) is 21.7 Å². The van der Waals surface area contributed by atoms with Crippen LogP contribution in [0.1, 0.15) is 11.4 Å². The van der Waals surface area contributed by atoms with E-state index in [0.29, 0.717) is 11.5 Å². The van der Waals surface area contributed by atoms with E-state index < -0.39 is 58.4 Å². The second kappa shape index (κ2) is 17.1. The van der Waals surface area contributed by atoms with Crippen molar-refractivity contribution in [1.29, 1.82) is 0 Å². The zero-order valence-corrected chi connectivity index (χ0v) is 31.8. The smallest absolute Gasteiger partial charge is 0.543 e. The summed E-state index contributed by atoms with van der Waals surface area (Å²) >= 11 is 4.92. The molecule has 4 atom stereocenters. The number of nitrogen functional groups attached to an aromatic ring is 2. The van der Waals surface area contributed by atoms with E-state index in [9.17, 15) is 39.0 Å². The summed E-state index contributed by atoms with van der Waals surface area (Å²) in [6.07, 6.45) is 2.81. The monoisotopic (exact) mass is 804 g/mol. The molecule has 51 heavy (non-hydrogen) atoms. The number of nitrogens with one attached hydrogen (secondary N) is 2. The molecule has 20 nitrogen and oxygen atoms in total. The van der Waals surface area contributed by atoms with Gasteiger partial charge in [0.25, 0.3) is 23.6 Å². The predicted molar refractivity (Wildman–Crippen MR) is 182 cm³/mol. The van der Waals surface area contributed by atoms with Gasteiger partial charge in [-0.15, -0.1) is 46.2 Å². The fourth-order valence-electron chi connectivity index (χ4n) is 4.86. The molecule has 25 heteroatoms. The maximum Gasteiger partial charge on any atom is 2.00 e. The average molecular weight is 805 g/mol. The van der Waals surface area contributed by atoms with Crippen LogP contribution in [0.15, 0.2) is 44.6 Å². The molecule has 264 valence electrons. The van der Waals surface area contributed by atoms with Crippen LogP contribution in [0.4, 0.5) is 10.3 Å². The molecule has 0 saturated carbocycles. The van der Waals surface area contributed by atoms with E-state index >= 15 is 0 Å². The van der Waals surface area contributed by atoms with Crippen molar-refractivity contribution in [1.82, 2.24) is 30.4 Å². The number of hydrogen-bond acceptors (Lipinski definition) is 20. The van der Waals surface area contributed by atoms with Crippen LogP contribution < -0.4 is 32.3 Å². The minimum atomic E-state index is -1.43. The van der Waals surface area contributed by atoms with Gasteiger partial charge in [0, 0.05) is 22.3 Å². The van der Waals surface area contributed by atoms with E-state index in [0.717, 1.165) is 32.5 Å². The number of oxime groups is 2. The van der Waals surface area contributed by atoms with E-state index in [4.69, 9.17) is 11.5 Å². The number of thioether (sulfide) groups is 2. The van der Waals surface area contributed by atoms with Crippen molar-refractivity contribution in [3.05, 3.63) is 45.7 Å². The largest absolute Gasteiger partial charge is 2.00 e. The molecule has 0 radical (unpaired) electrons. The minimum Gasteiger partial charge on any atom is -0.543 e. The molecular weight excluding hydrogens is 781 g/mol. The van der Waals surface area contributed by atoms with Crippen molar-refractivity contribution in [3.63, 3.8) is 0 Å². The number of amides is 4. The first-order valence-electron chi connectivity index (χ1n) is 13.9. The number of rotatable bonds is 10. The van der Waals surface area contributed by atoms with E-state index in [1.54, 1.807) is 0 Å². The quantitative estimate of drug-likeness (QED) is 0.0767. The number of fused-ring (bicyclic) bond motifs is 2.